The third kappa shape index (κ3) is 3.62. The molecule has 0 aliphatic carbocycles. The first-order valence-electron chi connectivity index (χ1n) is 9.13. The smallest absolute Gasteiger partial charge is 0.231 e. The number of piperidine rings is 1. The molecule has 0 saturated carbocycles. The second-order valence-corrected chi connectivity index (χ2v) is 6.93. The standard InChI is InChI=1S/C21H22FNO4/c1-25-18-8-7-16(22)10-17(18)20(24)14-5-3-9-23(11-14)12-15-4-2-6-19-21(15)27-13-26-19/h2,4,6-8,10,14H,3,5,9,11-13H2,1H3/t14-/m1/s1. The summed E-state index contributed by atoms with van der Waals surface area (Å²) in [6.07, 6.45) is 1.71. The van der Waals surface area contributed by atoms with Gasteiger partial charge in [0, 0.05) is 24.6 Å². The fourth-order valence-corrected chi connectivity index (χ4v) is 3.86. The summed E-state index contributed by atoms with van der Waals surface area (Å²) in [4.78, 5) is 15.2. The average molecular weight is 371 g/mol. The maximum absolute atomic E-state index is 13.7. The highest BCUT2D eigenvalue weighted by Gasteiger charge is 2.29. The molecule has 2 aromatic carbocycles. The molecule has 0 N–H and O–H groups in total. The first kappa shape index (κ1) is 17.8. The lowest BCUT2D eigenvalue weighted by Gasteiger charge is -2.32. The average Bonchev–Trinajstić information content (AvgIpc) is 3.17. The normalized spacial score (nSPS) is 19.1. The first-order chi connectivity index (χ1) is 13.2. The number of ketones is 1. The number of carbonyl (C=O) groups excluding carboxylic acids is 1. The molecule has 6 heteroatoms. The monoisotopic (exact) mass is 371 g/mol. The molecule has 0 aromatic heterocycles. The van der Waals surface area contributed by atoms with Crippen LogP contribution in [0.15, 0.2) is 36.4 Å². The zero-order valence-electron chi connectivity index (χ0n) is 15.2. The molecule has 5 nitrogen and oxygen atoms in total. The van der Waals surface area contributed by atoms with E-state index in [0.29, 0.717) is 24.4 Å². The highest BCUT2D eigenvalue weighted by Crippen LogP contribution is 2.36. The summed E-state index contributed by atoms with van der Waals surface area (Å²) in [5, 5.41) is 0. The van der Waals surface area contributed by atoms with Crippen molar-refractivity contribution in [1.29, 1.82) is 0 Å². The van der Waals surface area contributed by atoms with Crippen molar-refractivity contribution in [2.75, 3.05) is 27.0 Å². The molecule has 0 amide bonds. The van der Waals surface area contributed by atoms with Crippen LogP contribution in [0.25, 0.3) is 0 Å². The Hall–Kier alpha value is -2.60. The summed E-state index contributed by atoms with van der Waals surface area (Å²) in [5.41, 5.74) is 1.38. The fraction of sp³-hybridized carbons (Fsp3) is 0.381. The van der Waals surface area contributed by atoms with E-state index in [1.807, 2.05) is 18.2 Å². The van der Waals surface area contributed by atoms with E-state index >= 15 is 0 Å². The van der Waals surface area contributed by atoms with Crippen molar-refractivity contribution in [2.45, 2.75) is 19.4 Å². The lowest BCUT2D eigenvalue weighted by atomic mass is 9.89. The molecule has 2 aliphatic heterocycles. The van der Waals surface area contributed by atoms with Crippen molar-refractivity contribution in [3.8, 4) is 17.2 Å². The molecule has 0 unspecified atom stereocenters. The Morgan fingerprint density at radius 1 is 1.30 bits per heavy atom. The van der Waals surface area contributed by atoms with Crippen molar-refractivity contribution in [3.63, 3.8) is 0 Å². The Labute approximate surface area is 157 Å². The number of fused-ring (bicyclic) bond motifs is 1. The summed E-state index contributed by atoms with van der Waals surface area (Å²) in [5.74, 6) is 1.31. The van der Waals surface area contributed by atoms with Gasteiger partial charge in [-0.05, 0) is 43.7 Å². The Kier molecular flexibility index (Phi) is 4.99. The van der Waals surface area contributed by atoms with Crippen LogP contribution in [-0.2, 0) is 6.54 Å². The maximum atomic E-state index is 13.7. The van der Waals surface area contributed by atoms with Crippen LogP contribution in [0.4, 0.5) is 4.39 Å². The van der Waals surface area contributed by atoms with Crippen LogP contribution < -0.4 is 14.2 Å². The second kappa shape index (κ2) is 7.56. The van der Waals surface area contributed by atoms with E-state index in [-0.39, 0.29) is 18.5 Å². The number of ether oxygens (including phenoxy) is 3. The summed E-state index contributed by atoms with van der Waals surface area (Å²) >= 11 is 0. The van der Waals surface area contributed by atoms with E-state index in [1.54, 1.807) is 0 Å². The Bertz CT molecular complexity index is 854. The van der Waals surface area contributed by atoms with Gasteiger partial charge in [0.15, 0.2) is 17.3 Å². The summed E-state index contributed by atoms with van der Waals surface area (Å²) in [7, 11) is 1.50. The number of nitrogens with zero attached hydrogens (tertiary/aromatic N) is 1. The van der Waals surface area contributed by atoms with Gasteiger partial charge in [0.05, 0.1) is 12.7 Å². The largest absolute Gasteiger partial charge is 0.496 e. The maximum Gasteiger partial charge on any atom is 0.231 e. The molecule has 2 aliphatic rings. The van der Waals surface area contributed by atoms with Gasteiger partial charge in [-0.1, -0.05) is 12.1 Å². The van der Waals surface area contributed by atoms with Crippen LogP contribution in [0.3, 0.4) is 0 Å². The minimum absolute atomic E-state index is 0.0612. The number of methoxy groups -OCH3 is 1. The van der Waals surface area contributed by atoms with Gasteiger partial charge in [0.1, 0.15) is 11.6 Å². The zero-order valence-corrected chi connectivity index (χ0v) is 15.2. The van der Waals surface area contributed by atoms with Crippen LogP contribution in [0, 0.1) is 11.7 Å². The Morgan fingerprint density at radius 3 is 3.04 bits per heavy atom. The van der Waals surface area contributed by atoms with Gasteiger partial charge in [-0.2, -0.15) is 0 Å². The third-order valence-corrected chi connectivity index (χ3v) is 5.18. The van der Waals surface area contributed by atoms with Gasteiger partial charge in [-0.3, -0.25) is 9.69 Å². The van der Waals surface area contributed by atoms with Crippen molar-refractivity contribution in [3.05, 3.63) is 53.3 Å². The van der Waals surface area contributed by atoms with Gasteiger partial charge < -0.3 is 14.2 Å². The van der Waals surface area contributed by atoms with E-state index < -0.39 is 5.82 Å². The van der Waals surface area contributed by atoms with Crippen LogP contribution >= 0.6 is 0 Å². The third-order valence-electron chi connectivity index (χ3n) is 5.18. The molecule has 0 radical (unpaired) electrons. The lowest BCUT2D eigenvalue weighted by molar-refractivity contribution is 0.0807. The summed E-state index contributed by atoms with van der Waals surface area (Å²) in [6.45, 7) is 2.47. The number of benzene rings is 2. The number of para-hydroxylation sites is 1. The summed E-state index contributed by atoms with van der Waals surface area (Å²) < 4.78 is 29.9. The fourth-order valence-electron chi connectivity index (χ4n) is 3.86. The highest BCUT2D eigenvalue weighted by molar-refractivity contribution is 6.00. The van der Waals surface area contributed by atoms with Crippen molar-refractivity contribution >= 4 is 5.78 Å². The van der Waals surface area contributed by atoms with Crippen LogP contribution in [0.2, 0.25) is 0 Å². The molecular formula is C21H22FNO4. The molecule has 1 fully saturated rings. The van der Waals surface area contributed by atoms with Crippen molar-refractivity contribution < 1.29 is 23.4 Å². The van der Waals surface area contributed by atoms with E-state index in [9.17, 15) is 9.18 Å². The van der Waals surface area contributed by atoms with E-state index in [1.165, 1.54) is 25.3 Å². The molecule has 2 aromatic rings. The van der Waals surface area contributed by atoms with Gasteiger partial charge in [0.25, 0.3) is 0 Å². The molecule has 1 atom stereocenters. The SMILES string of the molecule is COc1ccc(F)cc1C(=O)[C@@H]1CCCN(Cc2cccc3c2OCO3)C1. The molecule has 1 saturated heterocycles. The van der Waals surface area contributed by atoms with E-state index in [4.69, 9.17) is 14.2 Å². The van der Waals surface area contributed by atoms with Gasteiger partial charge in [-0.25, -0.2) is 4.39 Å². The van der Waals surface area contributed by atoms with Crippen LogP contribution in [0.5, 0.6) is 17.2 Å². The molecule has 142 valence electrons. The van der Waals surface area contributed by atoms with Crippen molar-refractivity contribution in [2.24, 2.45) is 5.92 Å². The zero-order chi connectivity index (χ0) is 18.8. The number of hydrogen-bond acceptors (Lipinski definition) is 5. The number of hydrogen-bond donors (Lipinski definition) is 0. The quantitative estimate of drug-likeness (QED) is 0.751. The Balaban J connectivity index is 1.49. The number of likely N-dealkylation sites (tertiary alicyclic amines) is 1. The number of Topliss-reactive ketones (excluding diaryl/α,β-unsaturated/α-hetero) is 1. The number of carbonyl (C=O) groups is 1. The second-order valence-electron chi connectivity index (χ2n) is 6.93. The van der Waals surface area contributed by atoms with Crippen LogP contribution in [0.1, 0.15) is 28.8 Å². The molecule has 0 spiro atoms. The van der Waals surface area contributed by atoms with Crippen molar-refractivity contribution in [1.82, 2.24) is 4.90 Å². The van der Waals surface area contributed by atoms with E-state index in [2.05, 4.69) is 4.90 Å². The molecule has 27 heavy (non-hydrogen) atoms. The number of rotatable bonds is 5. The van der Waals surface area contributed by atoms with Crippen LogP contribution in [-0.4, -0.2) is 37.7 Å². The van der Waals surface area contributed by atoms with Gasteiger partial charge in [-0.15, -0.1) is 0 Å². The Morgan fingerprint density at radius 2 is 2.19 bits per heavy atom. The molecule has 2 heterocycles. The predicted molar refractivity (Wildman–Crippen MR) is 97.8 cm³/mol. The molecule has 0 bridgehead atoms. The molecule has 4 rings (SSSR count). The van der Waals surface area contributed by atoms with Gasteiger partial charge in [0.2, 0.25) is 6.79 Å². The minimum atomic E-state index is -0.427. The number of halogens is 1. The highest BCUT2D eigenvalue weighted by atomic mass is 19.1. The lowest BCUT2D eigenvalue weighted by Crippen LogP contribution is -2.38. The van der Waals surface area contributed by atoms with Gasteiger partial charge >= 0.3 is 0 Å². The topological polar surface area (TPSA) is 48.0 Å². The molecular weight excluding hydrogens is 349 g/mol. The van der Waals surface area contributed by atoms with E-state index in [0.717, 1.165) is 36.4 Å². The minimum Gasteiger partial charge on any atom is -0.496 e. The predicted octanol–water partition coefficient (Wildman–Crippen LogP) is 3.66. The first-order valence-corrected chi connectivity index (χ1v) is 9.13. The summed E-state index contributed by atoms with van der Waals surface area (Å²) in [6, 6.07) is 9.95.